The van der Waals surface area contributed by atoms with Crippen molar-refractivity contribution in [2.45, 2.75) is 13.3 Å². The Balaban J connectivity index is 1.20. The van der Waals surface area contributed by atoms with Gasteiger partial charge in [-0.15, -0.1) is 22.7 Å². The van der Waals surface area contributed by atoms with E-state index in [0.29, 0.717) is 5.92 Å². The van der Waals surface area contributed by atoms with Crippen LogP contribution in [-0.2, 0) is 6.42 Å². The predicted molar refractivity (Wildman–Crippen MR) is 208 cm³/mol. The molecular weight excluding hydrogens is 623 g/mol. The van der Waals surface area contributed by atoms with Crippen LogP contribution in [0, 0.1) is 5.92 Å². The minimum atomic E-state index is 0.0449. The van der Waals surface area contributed by atoms with Crippen molar-refractivity contribution >= 4 is 103 Å². The van der Waals surface area contributed by atoms with Crippen LogP contribution in [0.4, 0.5) is 0 Å². The highest BCUT2D eigenvalue weighted by Gasteiger charge is 2.27. The number of rotatable bonds is 2. The number of thiophene rings is 2. The van der Waals surface area contributed by atoms with E-state index in [-0.39, 0.29) is 5.56 Å². The standard InChI is InChI=1S/C44H27NOS2/c1-24-20-41-36(29-9-5-7-13-39(29)48-41)23-34(24)31-17-18-32-27-16-14-26(25-15-19-40-35(21-25)28-8-4-6-12-38(28)47-40)22-37(27)45-43(32)42(31)30-10-2-3-11-33(30)44(45)46/h2-19,21-24H,20H2,1H3. The Hall–Kier alpha value is -5.29. The molecule has 0 bridgehead atoms. The fourth-order valence-corrected chi connectivity index (χ4v) is 10.8. The summed E-state index contributed by atoms with van der Waals surface area (Å²) in [6.45, 7) is 2.35. The number of pyridine rings is 1. The Morgan fingerprint density at radius 2 is 1.27 bits per heavy atom. The van der Waals surface area contributed by atoms with Gasteiger partial charge in [0, 0.05) is 51.3 Å². The molecule has 0 saturated heterocycles. The molecule has 0 N–H and O–H groups in total. The van der Waals surface area contributed by atoms with Gasteiger partial charge in [-0.05, 0) is 93.4 Å². The molecule has 48 heavy (non-hydrogen) atoms. The van der Waals surface area contributed by atoms with Crippen molar-refractivity contribution in [3.63, 3.8) is 0 Å². The van der Waals surface area contributed by atoms with Gasteiger partial charge in [0.1, 0.15) is 0 Å². The molecule has 0 radical (unpaired) electrons. The molecular formula is C44H27NOS2. The van der Waals surface area contributed by atoms with Gasteiger partial charge in [-0.3, -0.25) is 9.20 Å². The first kappa shape index (κ1) is 26.7. The van der Waals surface area contributed by atoms with Gasteiger partial charge in [-0.1, -0.05) is 91.9 Å². The lowest BCUT2D eigenvalue weighted by molar-refractivity contribution is 0.749. The minimum Gasteiger partial charge on any atom is -0.275 e. The van der Waals surface area contributed by atoms with Crippen molar-refractivity contribution in [1.82, 2.24) is 4.40 Å². The summed E-state index contributed by atoms with van der Waals surface area (Å²) < 4.78 is 5.96. The first-order valence-electron chi connectivity index (χ1n) is 16.5. The summed E-state index contributed by atoms with van der Waals surface area (Å²) in [5.74, 6) is 0.358. The largest absolute Gasteiger partial charge is 0.275 e. The van der Waals surface area contributed by atoms with Crippen LogP contribution in [0.5, 0.6) is 0 Å². The minimum absolute atomic E-state index is 0.0449. The zero-order valence-corrected chi connectivity index (χ0v) is 27.7. The first-order chi connectivity index (χ1) is 23.6. The molecule has 4 heteroatoms. The molecule has 10 aromatic rings. The van der Waals surface area contributed by atoms with Crippen molar-refractivity contribution in [3.8, 4) is 11.1 Å². The third kappa shape index (κ3) is 3.54. The summed E-state index contributed by atoms with van der Waals surface area (Å²) >= 11 is 3.76. The number of allylic oxidation sites excluding steroid dienone is 1. The number of hydrogen-bond acceptors (Lipinski definition) is 3. The van der Waals surface area contributed by atoms with Crippen LogP contribution in [0.1, 0.15) is 22.9 Å². The number of hydrogen-bond donors (Lipinski definition) is 0. The topological polar surface area (TPSA) is 21.5 Å². The molecule has 1 atom stereocenters. The van der Waals surface area contributed by atoms with Gasteiger partial charge < -0.3 is 0 Å². The van der Waals surface area contributed by atoms with Gasteiger partial charge in [0.25, 0.3) is 5.56 Å². The predicted octanol–water partition coefficient (Wildman–Crippen LogP) is 12.2. The highest BCUT2D eigenvalue weighted by Crippen LogP contribution is 2.46. The van der Waals surface area contributed by atoms with Crippen molar-refractivity contribution in [2.75, 3.05) is 0 Å². The van der Waals surface area contributed by atoms with Crippen molar-refractivity contribution in [1.29, 1.82) is 0 Å². The van der Waals surface area contributed by atoms with Gasteiger partial charge in [0.05, 0.1) is 11.0 Å². The number of nitrogens with zero attached hydrogens (tertiary/aromatic N) is 1. The summed E-state index contributed by atoms with van der Waals surface area (Å²) in [7, 11) is 0. The summed E-state index contributed by atoms with van der Waals surface area (Å²) in [6.07, 6.45) is 3.46. The zero-order valence-electron chi connectivity index (χ0n) is 26.1. The molecule has 0 amide bonds. The molecule has 1 unspecified atom stereocenters. The molecule has 4 heterocycles. The van der Waals surface area contributed by atoms with Crippen LogP contribution in [0.3, 0.4) is 0 Å². The van der Waals surface area contributed by atoms with Gasteiger partial charge in [0.15, 0.2) is 0 Å². The maximum absolute atomic E-state index is 14.5. The lowest BCUT2D eigenvalue weighted by Crippen LogP contribution is -2.14. The van der Waals surface area contributed by atoms with E-state index in [1.165, 1.54) is 57.2 Å². The number of benzene rings is 6. The summed E-state index contributed by atoms with van der Waals surface area (Å²) in [6, 6.07) is 43.6. The molecule has 0 saturated carbocycles. The van der Waals surface area contributed by atoms with Crippen molar-refractivity contribution < 1.29 is 0 Å². The number of fused-ring (bicyclic) bond motifs is 11. The Morgan fingerprint density at radius 1 is 0.604 bits per heavy atom. The maximum Gasteiger partial charge on any atom is 0.263 e. The van der Waals surface area contributed by atoms with Crippen LogP contribution in [0.2, 0.25) is 0 Å². The second-order valence-electron chi connectivity index (χ2n) is 13.3. The summed E-state index contributed by atoms with van der Waals surface area (Å²) in [5, 5.41) is 9.12. The first-order valence-corrected chi connectivity index (χ1v) is 18.1. The Labute approximate surface area is 283 Å². The molecule has 0 spiro atoms. The molecule has 11 rings (SSSR count). The normalized spacial score (nSPS) is 15.1. The van der Waals surface area contributed by atoms with Gasteiger partial charge in [-0.25, -0.2) is 0 Å². The second kappa shape index (κ2) is 9.63. The molecule has 6 aromatic carbocycles. The summed E-state index contributed by atoms with van der Waals surface area (Å²) in [5.41, 5.74) is 8.25. The average molecular weight is 650 g/mol. The molecule has 2 nitrogen and oxygen atoms in total. The van der Waals surface area contributed by atoms with E-state index in [1.807, 2.05) is 39.2 Å². The van der Waals surface area contributed by atoms with E-state index in [0.717, 1.165) is 50.1 Å². The van der Waals surface area contributed by atoms with E-state index in [9.17, 15) is 4.79 Å². The Kier molecular flexibility index (Phi) is 5.37. The fraction of sp³-hybridized carbons (Fsp3) is 0.0682. The number of aromatic nitrogens is 1. The third-order valence-electron chi connectivity index (χ3n) is 10.6. The highest BCUT2D eigenvalue weighted by molar-refractivity contribution is 7.25. The van der Waals surface area contributed by atoms with Gasteiger partial charge >= 0.3 is 0 Å². The van der Waals surface area contributed by atoms with Crippen LogP contribution in [-0.4, -0.2) is 4.40 Å². The summed E-state index contributed by atoms with van der Waals surface area (Å²) in [4.78, 5) is 15.9. The van der Waals surface area contributed by atoms with E-state index >= 15 is 0 Å². The van der Waals surface area contributed by atoms with Crippen LogP contribution in [0.25, 0.3) is 91.0 Å². The van der Waals surface area contributed by atoms with Gasteiger partial charge in [-0.2, -0.15) is 0 Å². The van der Waals surface area contributed by atoms with Crippen molar-refractivity contribution in [3.05, 3.63) is 148 Å². The highest BCUT2D eigenvalue weighted by atomic mass is 32.1. The van der Waals surface area contributed by atoms with Gasteiger partial charge in [0.2, 0.25) is 0 Å². The van der Waals surface area contributed by atoms with Crippen molar-refractivity contribution in [2.24, 2.45) is 5.92 Å². The lowest BCUT2D eigenvalue weighted by Gasteiger charge is -2.23. The van der Waals surface area contributed by atoms with Crippen LogP contribution < -0.4 is 5.56 Å². The van der Waals surface area contributed by atoms with E-state index in [4.69, 9.17) is 0 Å². The molecule has 4 aromatic heterocycles. The molecule has 1 aliphatic carbocycles. The van der Waals surface area contributed by atoms with E-state index in [2.05, 4.69) is 122 Å². The monoisotopic (exact) mass is 649 g/mol. The Morgan fingerprint density at radius 3 is 2.12 bits per heavy atom. The molecule has 0 fully saturated rings. The maximum atomic E-state index is 14.5. The molecule has 0 aliphatic heterocycles. The van der Waals surface area contributed by atoms with E-state index in [1.54, 1.807) is 0 Å². The van der Waals surface area contributed by atoms with E-state index < -0.39 is 0 Å². The fourth-order valence-electron chi connectivity index (χ4n) is 8.38. The van der Waals surface area contributed by atoms with Crippen LogP contribution in [0.15, 0.2) is 126 Å². The smallest absolute Gasteiger partial charge is 0.263 e. The lowest BCUT2D eigenvalue weighted by atomic mass is 9.82. The van der Waals surface area contributed by atoms with Crippen LogP contribution >= 0.6 is 22.7 Å². The SMILES string of the molecule is CC1Cc2sc3ccccc3c2C=C1c1ccc2c3ccc(-c4ccc5sc6ccccc6c5c4)cc3n3c(=O)c4ccccc4c1c23. The Bertz CT molecular complexity index is 3080. The average Bonchev–Trinajstić information content (AvgIpc) is 3.79. The third-order valence-corrected chi connectivity index (χ3v) is 13.0. The quantitative estimate of drug-likeness (QED) is 0.171. The molecule has 226 valence electrons. The molecule has 1 aliphatic rings. The second-order valence-corrected chi connectivity index (χ2v) is 15.5. The zero-order chi connectivity index (χ0) is 31.7.